The maximum absolute atomic E-state index is 5.95. The Morgan fingerprint density at radius 1 is 1.33 bits per heavy atom. The molecular formula is C20H27ClN4OS. The number of thiophene rings is 1. The van der Waals surface area contributed by atoms with Crippen molar-refractivity contribution in [3.63, 3.8) is 0 Å². The zero-order valence-corrected chi connectivity index (χ0v) is 17.4. The third-order valence-corrected chi connectivity index (χ3v) is 5.87. The lowest BCUT2D eigenvalue weighted by molar-refractivity contribution is -0.0334. The molecular weight excluding hydrogens is 380 g/mol. The number of nitrogens with zero attached hydrogens (tertiary/aromatic N) is 2. The van der Waals surface area contributed by atoms with Gasteiger partial charge in [0.25, 0.3) is 0 Å². The number of guanidine groups is 1. The molecule has 0 saturated carbocycles. The zero-order valence-electron chi connectivity index (χ0n) is 15.8. The summed E-state index contributed by atoms with van der Waals surface area (Å²) in [4.78, 5) is 8.23. The molecule has 146 valence electrons. The normalized spacial score (nSPS) is 19.7. The highest BCUT2D eigenvalue weighted by Crippen LogP contribution is 2.26. The molecule has 1 aliphatic rings. The minimum Gasteiger partial charge on any atom is -0.376 e. The summed E-state index contributed by atoms with van der Waals surface area (Å²) in [6, 6.07) is 12.5. The van der Waals surface area contributed by atoms with Crippen LogP contribution in [-0.4, -0.2) is 50.3 Å². The molecule has 2 unspecified atom stereocenters. The van der Waals surface area contributed by atoms with Gasteiger partial charge < -0.3 is 15.4 Å². The molecule has 1 saturated heterocycles. The number of ether oxygens (including phenoxy) is 1. The summed E-state index contributed by atoms with van der Waals surface area (Å²) in [7, 11) is 1.80. The summed E-state index contributed by atoms with van der Waals surface area (Å²) < 4.78 is 5.71. The van der Waals surface area contributed by atoms with E-state index >= 15 is 0 Å². The molecule has 0 spiro atoms. The first-order valence-electron chi connectivity index (χ1n) is 9.23. The Labute approximate surface area is 170 Å². The Balaban J connectivity index is 1.58. The van der Waals surface area contributed by atoms with Gasteiger partial charge in [0.15, 0.2) is 5.96 Å². The van der Waals surface area contributed by atoms with Crippen LogP contribution in [0.5, 0.6) is 0 Å². The van der Waals surface area contributed by atoms with Crippen LogP contribution < -0.4 is 10.6 Å². The quantitative estimate of drug-likeness (QED) is 0.569. The number of hydrogen-bond acceptors (Lipinski definition) is 4. The number of morpholine rings is 1. The topological polar surface area (TPSA) is 48.9 Å². The van der Waals surface area contributed by atoms with Crippen molar-refractivity contribution in [1.29, 1.82) is 0 Å². The van der Waals surface area contributed by atoms with Crippen molar-refractivity contribution in [2.24, 2.45) is 4.99 Å². The number of nitrogens with one attached hydrogen (secondary N) is 2. The van der Waals surface area contributed by atoms with Crippen molar-refractivity contribution in [1.82, 2.24) is 15.5 Å². The van der Waals surface area contributed by atoms with Crippen molar-refractivity contribution >= 4 is 28.9 Å². The molecule has 5 nitrogen and oxygen atoms in total. The highest BCUT2D eigenvalue weighted by atomic mass is 35.5. The van der Waals surface area contributed by atoms with Gasteiger partial charge in [-0.1, -0.05) is 29.8 Å². The number of rotatable bonds is 6. The fourth-order valence-electron chi connectivity index (χ4n) is 3.22. The van der Waals surface area contributed by atoms with Crippen molar-refractivity contribution in [2.45, 2.75) is 25.6 Å². The summed E-state index contributed by atoms with van der Waals surface area (Å²) in [6.45, 7) is 6.32. The van der Waals surface area contributed by atoms with Gasteiger partial charge in [-0.05, 0) is 36.1 Å². The van der Waals surface area contributed by atoms with Gasteiger partial charge in [0.05, 0.1) is 18.8 Å². The van der Waals surface area contributed by atoms with Crippen LogP contribution in [0.1, 0.15) is 23.4 Å². The molecule has 0 radical (unpaired) electrons. The lowest BCUT2D eigenvalue weighted by Gasteiger charge is -2.37. The average Bonchev–Trinajstić information content (AvgIpc) is 3.20. The van der Waals surface area contributed by atoms with Crippen LogP contribution in [0.25, 0.3) is 0 Å². The van der Waals surface area contributed by atoms with Crippen LogP contribution in [0.15, 0.2) is 46.8 Å². The Bertz CT molecular complexity index is 720. The van der Waals surface area contributed by atoms with Gasteiger partial charge >= 0.3 is 0 Å². The van der Waals surface area contributed by atoms with Crippen molar-refractivity contribution in [3.8, 4) is 0 Å². The summed E-state index contributed by atoms with van der Waals surface area (Å²) >= 11 is 7.75. The molecule has 2 aromatic rings. The number of hydrogen-bond donors (Lipinski definition) is 2. The zero-order chi connectivity index (χ0) is 19.1. The van der Waals surface area contributed by atoms with Gasteiger partial charge in [-0.15, -0.1) is 11.3 Å². The minimum atomic E-state index is 0.267. The van der Waals surface area contributed by atoms with Crippen molar-refractivity contribution in [2.75, 3.05) is 33.3 Å². The fourth-order valence-corrected chi connectivity index (χ4v) is 4.21. The van der Waals surface area contributed by atoms with Crippen molar-refractivity contribution in [3.05, 3.63) is 57.2 Å². The van der Waals surface area contributed by atoms with E-state index in [4.69, 9.17) is 16.3 Å². The highest BCUT2D eigenvalue weighted by Gasteiger charge is 2.26. The Morgan fingerprint density at radius 2 is 2.15 bits per heavy atom. The molecule has 2 heterocycles. The average molecular weight is 407 g/mol. The maximum Gasteiger partial charge on any atom is 0.191 e. The van der Waals surface area contributed by atoms with Crippen LogP contribution in [0.2, 0.25) is 5.02 Å². The third-order valence-electron chi connectivity index (χ3n) is 4.64. The third kappa shape index (κ3) is 5.94. The first-order valence-corrected chi connectivity index (χ1v) is 10.5. The monoisotopic (exact) mass is 406 g/mol. The molecule has 2 atom stereocenters. The van der Waals surface area contributed by atoms with Crippen LogP contribution in [0.4, 0.5) is 0 Å². The van der Waals surface area contributed by atoms with E-state index in [-0.39, 0.29) is 6.10 Å². The summed E-state index contributed by atoms with van der Waals surface area (Å²) in [5.41, 5.74) is 1.17. The molecule has 3 rings (SSSR count). The molecule has 0 amide bonds. The lowest BCUT2D eigenvalue weighted by Crippen LogP contribution is -2.47. The minimum absolute atomic E-state index is 0.267. The number of benzene rings is 1. The van der Waals surface area contributed by atoms with Crippen LogP contribution >= 0.6 is 22.9 Å². The van der Waals surface area contributed by atoms with E-state index in [1.54, 1.807) is 18.4 Å². The van der Waals surface area contributed by atoms with Crippen LogP contribution in [-0.2, 0) is 11.3 Å². The Hall–Kier alpha value is -1.60. The second-order valence-corrected chi connectivity index (χ2v) is 8.06. The molecule has 7 heteroatoms. The molecule has 0 aliphatic carbocycles. The molecule has 0 bridgehead atoms. The van der Waals surface area contributed by atoms with Gasteiger partial charge in [-0.2, -0.15) is 0 Å². The van der Waals surface area contributed by atoms with E-state index in [0.29, 0.717) is 12.6 Å². The first kappa shape index (κ1) is 20.1. The second kappa shape index (κ2) is 10.1. The molecule has 1 aromatic carbocycles. The highest BCUT2D eigenvalue weighted by molar-refractivity contribution is 7.10. The van der Waals surface area contributed by atoms with E-state index in [9.17, 15) is 0 Å². The number of halogens is 1. The Morgan fingerprint density at radius 3 is 2.81 bits per heavy atom. The molecule has 2 N–H and O–H groups in total. The Kier molecular flexibility index (Phi) is 7.52. The summed E-state index contributed by atoms with van der Waals surface area (Å²) in [5, 5.41) is 9.75. The van der Waals surface area contributed by atoms with Crippen LogP contribution in [0.3, 0.4) is 0 Å². The van der Waals surface area contributed by atoms with E-state index in [2.05, 4.69) is 45.0 Å². The number of aliphatic imine (C=N–C) groups is 1. The van der Waals surface area contributed by atoms with Gasteiger partial charge in [0, 0.05) is 43.1 Å². The second-order valence-electron chi connectivity index (χ2n) is 6.64. The van der Waals surface area contributed by atoms with Crippen LogP contribution in [0, 0.1) is 0 Å². The standard InChI is InChI=1S/C20H27ClN4OS/c1-15-14-25(9-10-26-15)18(19-4-3-11-27-19)13-24-20(22-2)23-12-16-5-7-17(21)8-6-16/h3-8,11,15,18H,9-10,12-14H2,1-2H3,(H2,22,23,24). The predicted octanol–water partition coefficient (Wildman–Crippen LogP) is 3.53. The van der Waals surface area contributed by atoms with Gasteiger partial charge in [0.1, 0.15) is 0 Å². The van der Waals surface area contributed by atoms with E-state index in [0.717, 1.165) is 37.2 Å². The maximum atomic E-state index is 5.95. The predicted molar refractivity (Wildman–Crippen MR) is 114 cm³/mol. The van der Waals surface area contributed by atoms with Crippen molar-refractivity contribution < 1.29 is 4.74 Å². The van der Waals surface area contributed by atoms with Gasteiger partial charge in [0.2, 0.25) is 0 Å². The summed E-state index contributed by atoms with van der Waals surface area (Å²) in [5.74, 6) is 0.799. The molecule has 1 aliphatic heterocycles. The van der Waals surface area contributed by atoms with Gasteiger partial charge in [-0.25, -0.2) is 0 Å². The van der Waals surface area contributed by atoms with E-state index in [1.165, 1.54) is 10.4 Å². The molecule has 27 heavy (non-hydrogen) atoms. The van der Waals surface area contributed by atoms with Gasteiger partial charge in [-0.3, -0.25) is 9.89 Å². The molecule has 1 fully saturated rings. The van der Waals surface area contributed by atoms with E-state index in [1.807, 2.05) is 24.3 Å². The van der Waals surface area contributed by atoms with E-state index < -0.39 is 0 Å². The molecule has 1 aromatic heterocycles. The fraction of sp³-hybridized carbons (Fsp3) is 0.450. The lowest BCUT2D eigenvalue weighted by atomic mass is 10.1. The smallest absolute Gasteiger partial charge is 0.191 e. The first-order chi connectivity index (χ1) is 13.2. The SMILES string of the molecule is CN=C(NCc1ccc(Cl)cc1)NCC(c1cccs1)N1CCOC(C)C1. The summed E-state index contributed by atoms with van der Waals surface area (Å²) in [6.07, 6.45) is 0.267. The largest absolute Gasteiger partial charge is 0.376 e.